The van der Waals surface area contributed by atoms with Gasteiger partial charge >= 0.3 is 6.18 Å². The Balaban J connectivity index is 1.23. The van der Waals surface area contributed by atoms with Crippen LogP contribution in [0.3, 0.4) is 0 Å². The average Bonchev–Trinajstić information content (AvgIpc) is 3.18. The van der Waals surface area contributed by atoms with Crippen molar-refractivity contribution in [1.82, 2.24) is 4.90 Å². The summed E-state index contributed by atoms with van der Waals surface area (Å²) in [5, 5.41) is 10.2. The molecule has 3 aromatic carbocycles. The number of aryl methyl sites for hydroxylation is 1. The predicted molar refractivity (Wildman–Crippen MR) is 134 cm³/mol. The number of fused-ring (bicyclic) bond motifs is 3. The SMILES string of the molecule is Oc1ccc2c(c1)[C@]1(CCCCc3ccccc3)CCN(CCc3ccc(C(F)(F)F)cc3)C[C@@H]1O2. The van der Waals surface area contributed by atoms with E-state index >= 15 is 0 Å². The predicted octanol–water partition coefficient (Wildman–Crippen LogP) is 6.77. The molecule has 36 heavy (non-hydrogen) atoms. The Bertz CT molecular complexity index is 1160. The van der Waals surface area contributed by atoms with Crippen molar-refractivity contribution in [2.24, 2.45) is 0 Å². The molecule has 2 aliphatic rings. The van der Waals surface area contributed by atoms with E-state index < -0.39 is 11.7 Å². The number of nitrogens with zero attached hydrogens (tertiary/aromatic N) is 1. The summed E-state index contributed by atoms with van der Waals surface area (Å²) in [4.78, 5) is 2.36. The van der Waals surface area contributed by atoms with Gasteiger partial charge in [-0.2, -0.15) is 13.2 Å². The van der Waals surface area contributed by atoms with Gasteiger partial charge in [0.1, 0.15) is 17.6 Å². The van der Waals surface area contributed by atoms with Gasteiger partial charge in [0.25, 0.3) is 0 Å². The molecule has 0 aliphatic carbocycles. The van der Waals surface area contributed by atoms with Crippen molar-refractivity contribution in [2.75, 3.05) is 19.6 Å². The van der Waals surface area contributed by atoms with Crippen molar-refractivity contribution in [3.05, 3.63) is 95.1 Å². The summed E-state index contributed by atoms with van der Waals surface area (Å²) in [5.74, 6) is 1.14. The van der Waals surface area contributed by atoms with Crippen LogP contribution in [-0.4, -0.2) is 35.7 Å². The van der Waals surface area contributed by atoms with Crippen LogP contribution in [0.5, 0.6) is 11.5 Å². The molecule has 3 nitrogen and oxygen atoms in total. The molecule has 0 bridgehead atoms. The van der Waals surface area contributed by atoms with E-state index in [1.165, 1.54) is 5.56 Å². The number of phenols is 1. The van der Waals surface area contributed by atoms with Gasteiger partial charge < -0.3 is 9.84 Å². The molecule has 2 heterocycles. The normalized spacial score (nSPS) is 21.6. The lowest BCUT2D eigenvalue weighted by molar-refractivity contribution is -0.137. The molecule has 0 aromatic heterocycles. The molecule has 3 aromatic rings. The largest absolute Gasteiger partial charge is 0.508 e. The lowest BCUT2D eigenvalue weighted by Crippen LogP contribution is -2.53. The third kappa shape index (κ3) is 5.24. The summed E-state index contributed by atoms with van der Waals surface area (Å²) in [6, 6.07) is 21.4. The first-order valence-electron chi connectivity index (χ1n) is 12.8. The van der Waals surface area contributed by atoms with Crippen LogP contribution in [-0.2, 0) is 24.4 Å². The molecule has 1 N–H and O–H groups in total. The summed E-state index contributed by atoms with van der Waals surface area (Å²) in [5.41, 5.74) is 2.65. The standard InChI is InChI=1S/C30H32F3NO2/c31-30(32,33)24-11-9-23(10-12-24)15-18-34-19-17-29(16-5-4-8-22-6-2-1-3-7-22)26-20-25(35)13-14-27(26)36-28(29)21-34/h1-3,6-7,9-14,20,28,35H,4-5,8,15-19,21H2/t28-,29-/m0/s1. The van der Waals surface area contributed by atoms with Crippen molar-refractivity contribution < 1.29 is 23.0 Å². The molecular formula is C30H32F3NO2. The zero-order valence-corrected chi connectivity index (χ0v) is 20.3. The number of benzene rings is 3. The number of ether oxygens (including phenoxy) is 1. The van der Waals surface area contributed by atoms with Gasteiger partial charge in [0, 0.05) is 24.1 Å². The smallest absolute Gasteiger partial charge is 0.416 e. The third-order valence-corrected chi connectivity index (χ3v) is 7.86. The van der Waals surface area contributed by atoms with Gasteiger partial charge in [-0.3, -0.25) is 4.90 Å². The first kappa shape index (κ1) is 24.7. The molecule has 2 aliphatic heterocycles. The van der Waals surface area contributed by atoms with Crippen molar-refractivity contribution >= 4 is 0 Å². The van der Waals surface area contributed by atoms with Crippen LogP contribution in [0.2, 0.25) is 0 Å². The number of unbranched alkanes of at least 4 members (excludes halogenated alkanes) is 1. The van der Waals surface area contributed by atoms with Gasteiger partial charge in [0.2, 0.25) is 0 Å². The molecule has 1 fully saturated rings. The molecule has 190 valence electrons. The maximum absolute atomic E-state index is 12.9. The van der Waals surface area contributed by atoms with Gasteiger partial charge in [-0.05, 0) is 80.1 Å². The van der Waals surface area contributed by atoms with Crippen LogP contribution >= 0.6 is 0 Å². The number of hydrogen-bond acceptors (Lipinski definition) is 3. The molecule has 0 unspecified atom stereocenters. The number of alkyl halides is 3. The third-order valence-electron chi connectivity index (χ3n) is 7.86. The Hall–Kier alpha value is -2.99. The van der Waals surface area contributed by atoms with Crippen molar-refractivity contribution in [3.63, 3.8) is 0 Å². The van der Waals surface area contributed by atoms with Crippen molar-refractivity contribution in [3.8, 4) is 11.5 Å². The molecule has 5 rings (SSSR count). The van der Waals surface area contributed by atoms with E-state index in [1.54, 1.807) is 18.2 Å². The van der Waals surface area contributed by atoms with Crippen LogP contribution in [0.15, 0.2) is 72.8 Å². The van der Waals surface area contributed by atoms with Gasteiger partial charge in [-0.15, -0.1) is 0 Å². The molecule has 0 saturated carbocycles. The molecule has 6 heteroatoms. The van der Waals surface area contributed by atoms with Crippen LogP contribution in [0.1, 0.15) is 47.9 Å². The minimum Gasteiger partial charge on any atom is -0.508 e. The van der Waals surface area contributed by atoms with Gasteiger partial charge in [0.05, 0.1) is 5.56 Å². The lowest BCUT2D eigenvalue weighted by atomic mass is 9.68. The molecule has 2 atom stereocenters. The Morgan fingerprint density at radius 3 is 2.42 bits per heavy atom. The van der Waals surface area contributed by atoms with Gasteiger partial charge in [-0.1, -0.05) is 48.9 Å². The highest BCUT2D eigenvalue weighted by Crippen LogP contribution is 2.51. The number of hydrogen-bond donors (Lipinski definition) is 1. The minimum absolute atomic E-state index is 0.00683. The highest BCUT2D eigenvalue weighted by Gasteiger charge is 2.51. The Morgan fingerprint density at radius 2 is 1.67 bits per heavy atom. The number of aromatic hydroxyl groups is 1. The summed E-state index contributed by atoms with van der Waals surface area (Å²) in [6.07, 6.45) is 1.57. The van der Waals surface area contributed by atoms with Crippen LogP contribution in [0.4, 0.5) is 13.2 Å². The van der Waals surface area contributed by atoms with E-state index in [4.69, 9.17) is 4.74 Å². The number of phenolic OH excluding ortho intramolecular Hbond substituents is 1. The van der Waals surface area contributed by atoms with E-state index in [0.29, 0.717) is 6.42 Å². The van der Waals surface area contributed by atoms with E-state index in [0.717, 1.165) is 80.7 Å². The second kappa shape index (κ2) is 10.2. The Kier molecular flexibility index (Phi) is 6.98. The molecule has 0 amide bonds. The number of piperidine rings is 1. The highest BCUT2D eigenvalue weighted by atomic mass is 19.4. The van der Waals surface area contributed by atoms with E-state index in [2.05, 4.69) is 29.2 Å². The van der Waals surface area contributed by atoms with E-state index in [1.807, 2.05) is 18.2 Å². The van der Waals surface area contributed by atoms with Crippen LogP contribution in [0, 0.1) is 0 Å². The zero-order chi connectivity index (χ0) is 25.2. The number of likely N-dealkylation sites (tertiary alicyclic amines) is 1. The van der Waals surface area contributed by atoms with Crippen molar-refractivity contribution in [2.45, 2.75) is 56.2 Å². The fourth-order valence-corrected chi connectivity index (χ4v) is 5.83. The van der Waals surface area contributed by atoms with Crippen molar-refractivity contribution in [1.29, 1.82) is 0 Å². The Labute approximate surface area is 210 Å². The van der Waals surface area contributed by atoms with Crippen LogP contribution < -0.4 is 4.74 Å². The summed E-state index contributed by atoms with van der Waals surface area (Å²) >= 11 is 0. The Morgan fingerprint density at radius 1 is 0.917 bits per heavy atom. The maximum atomic E-state index is 12.9. The first-order chi connectivity index (χ1) is 17.3. The monoisotopic (exact) mass is 495 g/mol. The average molecular weight is 496 g/mol. The number of halogens is 3. The maximum Gasteiger partial charge on any atom is 0.416 e. The summed E-state index contributed by atoms with van der Waals surface area (Å²) < 4.78 is 45.0. The first-order valence-corrected chi connectivity index (χ1v) is 12.8. The fraction of sp³-hybridized carbons (Fsp3) is 0.400. The van der Waals surface area contributed by atoms with E-state index in [9.17, 15) is 18.3 Å². The van der Waals surface area contributed by atoms with Gasteiger partial charge in [0.15, 0.2) is 0 Å². The van der Waals surface area contributed by atoms with Gasteiger partial charge in [-0.25, -0.2) is 0 Å². The lowest BCUT2D eigenvalue weighted by Gasteiger charge is -2.43. The zero-order valence-electron chi connectivity index (χ0n) is 20.3. The highest BCUT2D eigenvalue weighted by molar-refractivity contribution is 5.49. The molecule has 0 radical (unpaired) electrons. The second-order valence-corrected chi connectivity index (χ2v) is 10.1. The van der Waals surface area contributed by atoms with Crippen LogP contribution in [0.25, 0.3) is 0 Å². The number of rotatable bonds is 8. The molecule has 0 spiro atoms. The van der Waals surface area contributed by atoms with E-state index in [-0.39, 0.29) is 17.3 Å². The molecule has 1 saturated heterocycles. The summed E-state index contributed by atoms with van der Waals surface area (Å²) in [7, 11) is 0. The molecular weight excluding hydrogens is 463 g/mol. The summed E-state index contributed by atoms with van der Waals surface area (Å²) in [6.45, 7) is 2.44. The fourth-order valence-electron chi connectivity index (χ4n) is 5.83. The second-order valence-electron chi connectivity index (χ2n) is 10.1. The quantitative estimate of drug-likeness (QED) is 0.350. The minimum atomic E-state index is -4.31. The topological polar surface area (TPSA) is 32.7 Å².